The number of hydrogen-bond donors (Lipinski definition) is 1. The molecule has 15 heavy (non-hydrogen) atoms. The minimum absolute atomic E-state index is 0.577. The fourth-order valence-electron chi connectivity index (χ4n) is 1.92. The van der Waals surface area contributed by atoms with Crippen molar-refractivity contribution >= 4 is 17.7 Å². The molecule has 1 aliphatic carbocycles. The van der Waals surface area contributed by atoms with Gasteiger partial charge in [0.1, 0.15) is 0 Å². The summed E-state index contributed by atoms with van der Waals surface area (Å²) in [5.74, 6) is -0.679. The monoisotopic (exact) mass is 222 g/mol. The standard InChI is InChI=1S/C12H14O2S/c1-8-3-4-9(10(7-8)15-2)12(5-6-12)11(13)14/h3-4,7H,5-6H2,1-2H3,(H,13,14). The number of rotatable bonds is 3. The lowest BCUT2D eigenvalue weighted by atomic mass is 9.95. The number of hydrogen-bond acceptors (Lipinski definition) is 2. The first-order chi connectivity index (χ1) is 7.10. The van der Waals surface area contributed by atoms with Gasteiger partial charge in [-0.05, 0) is 43.2 Å². The fraction of sp³-hybridized carbons (Fsp3) is 0.417. The Kier molecular flexibility index (Phi) is 2.51. The SMILES string of the molecule is CSc1cc(C)ccc1C1(C(=O)O)CC1. The quantitative estimate of drug-likeness (QED) is 0.799. The smallest absolute Gasteiger partial charge is 0.314 e. The van der Waals surface area contributed by atoms with E-state index in [0.29, 0.717) is 0 Å². The maximum Gasteiger partial charge on any atom is 0.314 e. The summed E-state index contributed by atoms with van der Waals surface area (Å²) in [6.07, 6.45) is 3.55. The lowest BCUT2D eigenvalue weighted by Crippen LogP contribution is -2.20. The van der Waals surface area contributed by atoms with Gasteiger partial charge in [-0.1, -0.05) is 12.1 Å². The Morgan fingerprint density at radius 1 is 1.47 bits per heavy atom. The molecule has 80 valence electrons. The molecular formula is C12H14O2S. The van der Waals surface area contributed by atoms with Crippen LogP contribution in [-0.4, -0.2) is 17.3 Å². The molecule has 0 atom stereocenters. The summed E-state index contributed by atoms with van der Waals surface area (Å²) in [6.45, 7) is 2.03. The van der Waals surface area contributed by atoms with E-state index in [9.17, 15) is 9.90 Å². The summed E-state index contributed by atoms with van der Waals surface area (Å²) in [5.41, 5.74) is 1.60. The minimum atomic E-state index is -0.679. The highest BCUT2D eigenvalue weighted by Crippen LogP contribution is 2.51. The van der Waals surface area contributed by atoms with Gasteiger partial charge in [-0.15, -0.1) is 11.8 Å². The van der Waals surface area contributed by atoms with E-state index in [1.807, 2.05) is 25.3 Å². The Bertz CT molecular complexity index is 408. The van der Waals surface area contributed by atoms with Gasteiger partial charge in [0.25, 0.3) is 0 Å². The van der Waals surface area contributed by atoms with Crippen molar-refractivity contribution in [2.45, 2.75) is 30.1 Å². The Labute approximate surface area is 93.7 Å². The van der Waals surface area contributed by atoms with Crippen molar-refractivity contribution in [2.24, 2.45) is 0 Å². The Balaban J connectivity index is 2.48. The van der Waals surface area contributed by atoms with E-state index in [2.05, 4.69) is 6.07 Å². The molecule has 1 fully saturated rings. The third-order valence-electron chi connectivity index (χ3n) is 3.03. The van der Waals surface area contributed by atoms with Crippen LogP contribution in [0.25, 0.3) is 0 Å². The molecule has 1 aliphatic rings. The highest BCUT2D eigenvalue weighted by Gasteiger charge is 2.52. The topological polar surface area (TPSA) is 37.3 Å². The maximum atomic E-state index is 11.2. The van der Waals surface area contributed by atoms with Crippen LogP contribution in [0, 0.1) is 6.92 Å². The van der Waals surface area contributed by atoms with Crippen molar-refractivity contribution in [3.8, 4) is 0 Å². The van der Waals surface area contributed by atoms with Crippen LogP contribution in [0.5, 0.6) is 0 Å². The van der Waals surface area contributed by atoms with Crippen LogP contribution >= 0.6 is 11.8 Å². The third kappa shape index (κ3) is 1.65. The van der Waals surface area contributed by atoms with Gasteiger partial charge in [-0.25, -0.2) is 0 Å². The van der Waals surface area contributed by atoms with Gasteiger partial charge in [0.15, 0.2) is 0 Å². The second-order valence-corrected chi connectivity index (χ2v) is 4.94. The van der Waals surface area contributed by atoms with Crippen molar-refractivity contribution in [3.63, 3.8) is 0 Å². The van der Waals surface area contributed by atoms with Crippen molar-refractivity contribution in [1.29, 1.82) is 0 Å². The van der Waals surface area contributed by atoms with Gasteiger partial charge >= 0.3 is 5.97 Å². The Hall–Kier alpha value is -0.960. The number of carboxylic acid groups (broad SMARTS) is 1. The number of aryl methyl sites for hydroxylation is 1. The van der Waals surface area contributed by atoms with Gasteiger partial charge in [-0.2, -0.15) is 0 Å². The second-order valence-electron chi connectivity index (χ2n) is 4.09. The first-order valence-corrected chi connectivity index (χ1v) is 6.21. The van der Waals surface area contributed by atoms with Crippen molar-refractivity contribution in [2.75, 3.05) is 6.26 Å². The van der Waals surface area contributed by atoms with E-state index in [-0.39, 0.29) is 0 Å². The van der Waals surface area contributed by atoms with E-state index >= 15 is 0 Å². The normalized spacial score (nSPS) is 17.5. The number of benzene rings is 1. The molecule has 2 rings (SSSR count). The van der Waals surface area contributed by atoms with Crippen LogP contribution < -0.4 is 0 Å². The molecule has 0 spiro atoms. The maximum absolute atomic E-state index is 11.2. The van der Waals surface area contributed by atoms with Crippen molar-refractivity contribution in [3.05, 3.63) is 29.3 Å². The van der Waals surface area contributed by atoms with Crippen LogP contribution in [-0.2, 0) is 10.2 Å². The first-order valence-electron chi connectivity index (χ1n) is 4.99. The molecule has 1 aromatic rings. The molecule has 3 heteroatoms. The first kappa shape index (κ1) is 10.6. The molecule has 0 aromatic heterocycles. The van der Waals surface area contributed by atoms with E-state index in [1.54, 1.807) is 11.8 Å². The van der Waals surface area contributed by atoms with Crippen LogP contribution in [0.2, 0.25) is 0 Å². The third-order valence-corrected chi connectivity index (χ3v) is 3.81. The largest absolute Gasteiger partial charge is 0.481 e. The highest BCUT2D eigenvalue weighted by atomic mass is 32.2. The summed E-state index contributed by atoms with van der Waals surface area (Å²) >= 11 is 1.63. The predicted molar refractivity (Wildman–Crippen MR) is 61.5 cm³/mol. The number of thioether (sulfide) groups is 1. The number of aliphatic carboxylic acids is 1. The molecule has 1 N–H and O–H groups in total. The van der Waals surface area contributed by atoms with Gasteiger partial charge in [0.05, 0.1) is 5.41 Å². The fourth-order valence-corrected chi connectivity index (χ4v) is 2.70. The van der Waals surface area contributed by atoms with E-state index in [1.165, 1.54) is 5.56 Å². The highest BCUT2D eigenvalue weighted by molar-refractivity contribution is 7.98. The lowest BCUT2D eigenvalue weighted by molar-refractivity contribution is -0.140. The zero-order valence-electron chi connectivity index (χ0n) is 8.91. The molecular weight excluding hydrogens is 208 g/mol. The zero-order chi connectivity index (χ0) is 11.1. The average Bonchev–Trinajstić information content (AvgIpc) is 2.98. The molecule has 0 amide bonds. The Morgan fingerprint density at radius 2 is 2.13 bits per heavy atom. The molecule has 0 bridgehead atoms. The number of carbonyl (C=O) groups is 1. The lowest BCUT2D eigenvalue weighted by Gasteiger charge is -2.14. The summed E-state index contributed by atoms with van der Waals surface area (Å²) in [6, 6.07) is 6.04. The minimum Gasteiger partial charge on any atom is -0.481 e. The van der Waals surface area contributed by atoms with Gasteiger partial charge in [0, 0.05) is 4.90 Å². The van der Waals surface area contributed by atoms with Gasteiger partial charge in [-0.3, -0.25) is 4.79 Å². The molecule has 2 nitrogen and oxygen atoms in total. The van der Waals surface area contributed by atoms with Gasteiger partial charge in [0.2, 0.25) is 0 Å². The molecule has 0 unspecified atom stereocenters. The summed E-state index contributed by atoms with van der Waals surface area (Å²) < 4.78 is 0. The van der Waals surface area contributed by atoms with Crippen molar-refractivity contribution < 1.29 is 9.90 Å². The van der Waals surface area contributed by atoms with Crippen LogP contribution in [0.1, 0.15) is 24.0 Å². The van der Waals surface area contributed by atoms with Crippen molar-refractivity contribution in [1.82, 2.24) is 0 Å². The molecule has 0 radical (unpaired) electrons. The molecule has 0 heterocycles. The average molecular weight is 222 g/mol. The van der Waals surface area contributed by atoms with Gasteiger partial charge < -0.3 is 5.11 Å². The van der Waals surface area contributed by atoms with Crippen LogP contribution in [0.4, 0.5) is 0 Å². The Morgan fingerprint density at radius 3 is 2.60 bits per heavy atom. The van der Waals surface area contributed by atoms with E-state index < -0.39 is 11.4 Å². The van der Waals surface area contributed by atoms with Crippen LogP contribution in [0.3, 0.4) is 0 Å². The number of carboxylic acids is 1. The molecule has 0 saturated heterocycles. The summed E-state index contributed by atoms with van der Waals surface area (Å²) in [5, 5.41) is 9.24. The van der Waals surface area contributed by atoms with E-state index in [4.69, 9.17) is 0 Å². The summed E-state index contributed by atoms with van der Waals surface area (Å²) in [7, 11) is 0. The second kappa shape index (κ2) is 3.56. The predicted octanol–water partition coefficient (Wildman–Crippen LogP) is 2.83. The zero-order valence-corrected chi connectivity index (χ0v) is 9.73. The van der Waals surface area contributed by atoms with E-state index in [0.717, 1.165) is 23.3 Å². The summed E-state index contributed by atoms with van der Waals surface area (Å²) in [4.78, 5) is 12.3. The molecule has 1 aromatic carbocycles. The molecule has 0 aliphatic heterocycles. The molecule has 1 saturated carbocycles. The van der Waals surface area contributed by atoms with Crippen LogP contribution in [0.15, 0.2) is 23.1 Å².